The summed E-state index contributed by atoms with van der Waals surface area (Å²) in [6.07, 6.45) is 2.53. The second-order valence-electron chi connectivity index (χ2n) is 7.52. The van der Waals surface area contributed by atoms with E-state index >= 15 is 0 Å². The maximum absolute atomic E-state index is 10.2. The topological polar surface area (TPSA) is 135 Å². The SMILES string of the molecule is CCCCCCCCCn1cc(N(C)C2C(O)C(O)C(O)C(O)C2O)nn1. The molecule has 9 nitrogen and oxygen atoms in total. The van der Waals surface area contributed by atoms with Crippen molar-refractivity contribution in [1.82, 2.24) is 15.0 Å². The zero-order valence-corrected chi connectivity index (χ0v) is 16.2. The number of aryl methyl sites for hydroxylation is 1. The molecule has 156 valence electrons. The van der Waals surface area contributed by atoms with Gasteiger partial charge in [-0.3, -0.25) is 4.68 Å². The average molecular weight is 386 g/mol. The Morgan fingerprint density at radius 3 is 1.96 bits per heavy atom. The van der Waals surface area contributed by atoms with Gasteiger partial charge in [0, 0.05) is 13.6 Å². The third-order valence-electron chi connectivity index (χ3n) is 5.43. The minimum Gasteiger partial charge on any atom is -0.388 e. The summed E-state index contributed by atoms with van der Waals surface area (Å²) in [5.41, 5.74) is 0. The first-order valence-electron chi connectivity index (χ1n) is 9.91. The van der Waals surface area contributed by atoms with Gasteiger partial charge in [-0.2, -0.15) is 0 Å². The predicted octanol–water partition coefficient (Wildman–Crippen LogP) is -0.348. The zero-order valence-electron chi connectivity index (χ0n) is 16.2. The predicted molar refractivity (Wildman–Crippen MR) is 100 cm³/mol. The molecule has 1 aromatic heterocycles. The summed E-state index contributed by atoms with van der Waals surface area (Å²) in [6.45, 7) is 2.93. The summed E-state index contributed by atoms with van der Waals surface area (Å²) in [6, 6.07) is -1.01. The molecule has 0 spiro atoms. The van der Waals surface area contributed by atoms with Crippen molar-refractivity contribution in [3.05, 3.63) is 6.20 Å². The molecule has 1 heterocycles. The summed E-state index contributed by atoms with van der Waals surface area (Å²) in [5, 5.41) is 58.0. The molecular formula is C18H34N4O5. The normalized spacial score (nSPS) is 31.2. The van der Waals surface area contributed by atoms with Gasteiger partial charge in [0.05, 0.1) is 12.2 Å². The second kappa shape index (κ2) is 10.3. The van der Waals surface area contributed by atoms with Gasteiger partial charge >= 0.3 is 0 Å². The Hall–Kier alpha value is -1.26. The van der Waals surface area contributed by atoms with E-state index in [4.69, 9.17) is 0 Å². The first kappa shape index (κ1) is 22.0. The number of anilines is 1. The quantitative estimate of drug-likeness (QED) is 0.345. The molecule has 2 rings (SSSR count). The number of unbranched alkanes of at least 4 members (excludes halogenated alkanes) is 6. The van der Waals surface area contributed by atoms with Gasteiger partial charge in [0.25, 0.3) is 0 Å². The van der Waals surface area contributed by atoms with E-state index < -0.39 is 36.6 Å². The second-order valence-corrected chi connectivity index (χ2v) is 7.52. The van der Waals surface area contributed by atoms with Gasteiger partial charge in [-0.15, -0.1) is 5.10 Å². The molecule has 27 heavy (non-hydrogen) atoms. The summed E-state index contributed by atoms with van der Waals surface area (Å²) in [5.74, 6) is 0.414. The third-order valence-corrected chi connectivity index (χ3v) is 5.43. The number of rotatable bonds is 10. The largest absolute Gasteiger partial charge is 0.388 e. The van der Waals surface area contributed by atoms with Crippen LogP contribution >= 0.6 is 0 Å². The lowest BCUT2D eigenvalue weighted by Crippen LogP contribution is -2.68. The molecule has 1 saturated carbocycles. The van der Waals surface area contributed by atoms with Crippen LogP contribution in [0.5, 0.6) is 0 Å². The highest BCUT2D eigenvalue weighted by molar-refractivity contribution is 5.37. The smallest absolute Gasteiger partial charge is 0.171 e. The average Bonchev–Trinajstić information content (AvgIpc) is 3.13. The number of aliphatic hydroxyl groups is 5. The van der Waals surface area contributed by atoms with Crippen molar-refractivity contribution in [2.24, 2.45) is 0 Å². The fourth-order valence-corrected chi connectivity index (χ4v) is 3.61. The lowest BCUT2D eigenvalue weighted by molar-refractivity contribution is -0.185. The van der Waals surface area contributed by atoms with E-state index in [1.54, 1.807) is 17.9 Å². The number of aliphatic hydroxyl groups excluding tert-OH is 5. The molecule has 1 aliphatic carbocycles. The molecule has 4 atom stereocenters. The van der Waals surface area contributed by atoms with Crippen LogP contribution in [0.15, 0.2) is 6.20 Å². The number of likely N-dealkylation sites (N-methyl/N-ethyl adjacent to an activating group) is 1. The maximum atomic E-state index is 10.2. The van der Waals surface area contributed by atoms with E-state index in [1.807, 2.05) is 0 Å². The fourth-order valence-electron chi connectivity index (χ4n) is 3.61. The van der Waals surface area contributed by atoms with Crippen molar-refractivity contribution in [2.75, 3.05) is 11.9 Å². The van der Waals surface area contributed by atoms with Crippen molar-refractivity contribution < 1.29 is 25.5 Å². The highest BCUT2D eigenvalue weighted by Crippen LogP contribution is 2.27. The van der Waals surface area contributed by atoms with E-state index in [0.717, 1.165) is 19.4 Å². The van der Waals surface area contributed by atoms with Gasteiger partial charge in [-0.25, -0.2) is 0 Å². The molecule has 9 heteroatoms. The lowest BCUT2D eigenvalue weighted by Gasteiger charge is -2.45. The number of hydrogen-bond acceptors (Lipinski definition) is 8. The number of aromatic nitrogens is 3. The molecular weight excluding hydrogens is 352 g/mol. The minimum atomic E-state index is -1.60. The number of hydrogen-bond donors (Lipinski definition) is 5. The van der Waals surface area contributed by atoms with Crippen LogP contribution in [-0.4, -0.2) is 84.1 Å². The summed E-state index contributed by atoms with van der Waals surface area (Å²) in [4.78, 5) is 1.47. The van der Waals surface area contributed by atoms with Gasteiger partial charge in [0.2, 0.25) is 0 Å². The Morgan fingerprint density at radius 1 is 0.852 bits per heavy atom. The molecule has 0 saturated heterocycles. The van der Waals surface area contributed by atoms with Crippen molar-refractivity contribution in [3.8, 4) is 0 Å². The van der Waals surface area contributed by atoms with E-state index in [1.165, 1.54) is 37.0 Å². The molecule has 1 fully saturated rings. The Morgan fingerprint density at radius 2 is 1.37 bits per heavy atom. The van der Waals surface area contributed by atoms with Crippen molar-refractivity contribution in [1.29, 1.82) is 0 Å². The van der Waals surface area contributed by atoms with Gasteiger partial charge < -0.3 is 30.4 Å². The van der Waals surface area contributed by atoms with E-state index in [2.05, 4.69) is 17.2 Å². The van der Waals surface area contributed by atoms with Crippen LogP contribution in [0, 0.1) is 0 Å². The zero-order chi connectivity index (χ0) is 20.0. The number of nitrogens with zero attached hydrogens (tertiary/aromatic N) is 4. The Labute approximate surface area is 160 Å². The first-order chi connectivity index (χ1) is 12.9. The van der Waals surface area contributed by atoms with Gasteiger partial charge in [0.15, 0.2) is 5.82 Å². The molecule has 0 bridgehead atoms. The van der Waals surface area contributed by atoms with Crippen LogP contribution in [0.2, 0.25) is 0 Å². The van der Waals surface area contributed by atoms with Gasteiger partial charge in [0.1, 0.15) is 30.5 Å². The summed E-state index contributed by atoms with van der Waals surface area (Å²) in [7, 11) is 1.59. The van der Waals surface area contributed by atoms with Crippen LogP contribution in [0.4, 0.5) is 5.82 Å². The Balaban J connectivity index is 1.87. The van der Waals surface area contributed by atoms with Crippen LogP contribution in [0.25, 0.3) is 0 Å². The minimum absolute atomic E-state index is 0.414. The highest BCUT2D eigenvalue weighted by atomic mass is 16.4. The monoisotopic (exact) mass is 386 g/mol. The molecule has 0 amide bonds. The molecule has 0 aliphatic heterocycles. The van der Waals surface area contributed by atoms with Crippen molar-refractivity contribution in [2.45, 2.75) is 95.0 Å². The van der Waals surface area contributed by atoms with Crippen molar-refractivity contribution in [3.63, 3.8) is 0 Å². The molecule has 0 radical (unpaired) electrons. The van der Waals surface area contributed by atoms with Crippen molar-refractivity contribution >= 4 is 5.82 Å². The first-order valence-corrected chi connectivity index (χ1v) is 9.91. The summed E-state index contributed by atoms with van der Waals surface area (Å²) < 4.78 is 1.71. The fraction of sp³-hybridized carbons (Fsp3) is 0.889. The third kappa shape index (κ3) is 5.39. The van der Waals surface area contributed by atoms with Crippen LogP contribution in [-0.2, 0) is 6.54 Å². The lowest BCUT2D eigenvalue weighted by atomic mass is 9.82. The molecule has 1 aromatic rings. The van der Waals surface area contributed by atoms with Gasteiger partial charge in [-0.05, 0) is 6.42 Å². The Kier molecular flexibility index (Phi) is 8.43. The van der Waals surface area contributed by atoms with Gasteiger partial charge in [-0.1, -0.05) is 50.7 Å². The van der Waals surface area contributed by atoms with E-state index in [9.17, 15) is 25.5 Å². The Bertz CT molecular complexity index is 542. The van der Waals surface area contributed by atoms with E-state index in [-0.39, 0.29) is 0 Å². The van der Waals surface area contributed by atoms with E-state index in [0.29, 0.717) is 5.82 Å². The molecule has 0 aromatic carbocycles. The maximum Gasteiger partial charge on any atom is 0.171 e. The van der Waals surface area contributed by atoms with Crippen LogP contribution in [0.3, 0.4) is 0 Å². The standard InChI is InChI=1S/C18H34N4O5/c1-3-4-5-6-7-8-9-10-22-11-12(19-20-22)21(2)13-14(23)16(25)18(27)17(26)15(13)24/h11,13-18,23-27H,3-10H2,1-2H3. The molecule has 4 unspecified atom stereocenters. The molecule has 1 aliphatic rings. The summed E-state index contributed by atoms with van der Waals surface area (Å²) >= 11 is 0. The van der Waals surface area contributed by atoms with Crippen LogP contribution < -0.4 is 4.90 Å². The highest BCUT2D eigenvalue weighted by Gasteiger charge is 2.50. The van der Waals surface area contributed by atoms with Crippen LogP contribution in [0.1, 0.15) is 51.9 Å². The molecule has 5 N–H and O–H groups in total.